The van der Waals surface area contributed by atoms with Crippen molar-refractivity contribution in [3.05, 3.63) is 17.6 Å². The maximum atomic E-state index is 12.8. The Labute approximate surface area is 142 Å². The van der Waals surface area contributed by atoms with Crippen LogP contribution in [0, 0.1) is 6.92 Å². The zero-order valence-electron chi connectivity index (χ0n) is 14.5. The van der Waals surface area contributed by atoms with Crippen molar-refractivity contribution in [2.75, 3.05) is 37.7 Å². The SMILES string of the molecule is Cc1ncnc(N2CCCCC2)c1C(=O)OC(C)C1CNCCO1. The molecule has 2 atom stereocenters. The van der Waals surface area contributed by atoms with Gasteiger partial charge in [0.2, 0.25) is 0 Å². The maximum Gasteiger partial charge on any atom is 0.344 e. The smallest absolute Gasteiger partial charge is 0.344 e. The highest BCUT2D eigenvalue weighted by Crippen LogP contribution is 2.24. The van der Waals surface area contributed by atoms with E-state index >= 15 is 0 Å². The summed E-state index contributed by atoms with van der Waals surface area (Å²) in [6.07, 6.45) is 4.55. The predicted molar refractivity (Wildman–Crippen MR) is 90.3 cm³/mol. The van der Waals surface area contributed by atoms with E-state index < -0.39 is 0 Å². The van der Waals surface area contributed by atoms with Crippen molar-refractivity contribution in [3.8, 4) is 0 Å². The summed E-state index contributed by atoms with van der Waals surface area (Å²) < 4.78 is 11.3. The zero-order valence-corrected chi connectivity index (χ0v) is 14.5. The van der Waals surface area contributed by atoms with Crippen molar-refractivity contribution in [1.82, 2.24) is 15.3 Å². The van der Waals surface area contributed by atoms with E-state index in [1.807, 2.05) is 13.8 Å². The second-order valence-electron chi connectivity index (χ2n) is 6.43. The number of aryl methyl sites for hydroxylation is 1. The fourth-order valence-electron chi connectivity index (χ4n) is 3.24. The summed E-state index contributed by atoms with van der Waals surface area (Å²) >= 11 is 0. The quantitative estimate of drug-likeness (QED) is 0.832. The highest BCUT2D eigenvalue weighted by Gasteiger charge is 2.28. The molecule has 2 aliphatic rings. The second kappa shape index (κ2) is 7.90. The van der Waals surface area contributed by atoms with Gasteiger partial charge in [-0.05, 0) is 33.1 Å². The Morgan fingerprint density at radius 3 is 2.88 bits per heavy atom. The first-order chi connectivity index (χ1) is 11.7. The van der Waals surface area contributed by atoms with E-state index in [1.54, 1.807) is 0 Å². The number of nitrogens with zero attached hydrogens (tertiary/aromatic N) is 3. The highest BCUT2D eigenvalue weighted by atomic mass is 16.6. The summed E-state index contributed by atoms with van der Waals surface area (Å²) in [6, 6.07) is 0. The molecule has 2 fully saturated rings. The highest BCUT2D eigenvalue weighted by molar-refractivity contribution is 5.96. The Bertz CT molecular complexity index is 569. The lowest BCUT2D eigenvalue weighted by Gasteiger charge is -2.31. The minimum atomic E-state index is -0.365. The van der Waals surface area contributed by atoms with Gasteiger partial charge in [-0.25, -0.2) is 14.8 Å². The number of anilines is 1. The van der Waals surface area contributed by atoms with Gasteiger partial charge in [0.1, 0.15) is 29.9 Å². The van der Waals surface area contributed by atoms with Gasteiger partial charge in [-0.3, -0.25) is 0 Å². The maximum absolute atomic E-state index is 12.8. The van der Waals surface area contributed by atoms with Gasteiger partial charge in [0, 0.05) is 26.2 Å². The number of piperidine rings is 1. The first kappa shape index (κ1) is 17.1. The molecule has 0 saturated carbocycles. The first-order valence-corrected chi connectivity index (χ1v) is 8.76. The molecule has 3 heterocycles. The van der Waals surface area contributed by atoms with Crippen LogP contribution in [-0.2, 0) is 9.47 Å². The van der Waals surface area contributed by atoms with E-state index in [0.29, 0.717) is 30.2 Å². The number of hydrogen-bond donors (Lipinski definition) is 1. The van der Waals surface area contributed by atoms with Crippen molar-refractivity contribution >= 4 is 11.8 Å². The van der Waals surface area contributed by atoms with E-state index in [1.165, 1.54) is 12.7 Å². The second-order valence-corrected chi connectivity index (χ2v) is 6.43. The molecule has 2 aliphatic heterocycles. The zero-order chi connectivity index (χ0) is 16.9. The number of ether oxygens (including phenoxy) is 2. The van der Waals surface area contributed by atoms with Crippen LogP contribution < -0.4 is 10.2 Å². The minimum Gasteiger partial charge on any atom is -0.456 e. The Morgan fingerprint density at radius 1 is 1.38 bits per heavy atom. The van der Waals surface area contributed by atoms with Gasteiger partial charge in [0.25, 0.3) is 0 Å². The summed E-state index contributed by atoms with van der Waals surface area (Å²) in [5.41, 5.74) is 1.14. The van der Waals surface area contributed by atoms with Crippen LogP contribution in [0.3, 0.4) is 0 Å². The minimum absolute atomic E-state index is 0.119. The summed E-state index contributed by atoms with van der Waals surface area (Å²) in [5, 5.41) is 3.25. The average Bonchev–Trinajstić information content (AvgIpc) is 2.62. The molecular weight excluding hydrogens is 308 g/mol. The average molecular weight is 334 g/mol. The van der Waals surface area contributed by atoms with Gasteiger partial charge < -0.3 is 19.7 Å². The molecule has 7 nitrogen and oxygen atoms in total. The molecular formula is C17H26N4O3. The number of carbonyl (C=O) groups is 1. The van der Waals surface area contributed by atoms with Gasteiger partial charge in [-0.1, -0.05) is 0 Å². The van der Waals surface area contributed by atoms with Crippen LogP contribution in [0.15, 0.2) is 6.33 Å². The monoisotopic (exact) mass is 334 g/mol. The lowest BCUT2D eigenvalue weighted by atomic mass is 10.1. The van der Waals surface area contributed by atoms with Gasteiger partial charge in [-0.2, -0.15) is 0 Å². The molecule has 132 valence electrons. The number of rotatable bonds is 4. The summed E-state index contributed by atoms with van der Waals surface area (Å²) in [6.45, 7) is 7.70. The molecule has 0 bridgehead atoms. The topological polar surface area (TPSA) is 76.6 Å². The van der Waals surface area contributed by atoms with E-state index in [9.17, 15) is 4.79 Å². The van der Waals surface area contributed by atoms with E-state index in [4.69, 9.17) is 9.47 Å². The summed E-state index contributed by atoms with van der Waals surface area (Å²) in [7, 11) is 0. The molecule has 1 aromatic rings. The fourth-order valence-corrected chi connectivity index (χ4v) is 3.24. The van der Waals surface area contributed by atoms with E-state index in [0.717, 1.165) is 32.5 Å². The van der Waals surface area contributed by atoms with Crippen LogP contribution in [0.25, 0.3) is 0 Å². The fraction of sp³-hybridized carbons (Fsp3) is 0.706. The van der Waals surface area contributed by atoms with Crippen molar-refractivity contribution in [3.63, 3.8) is 0 Å². The van der Waals surface area contributed by atoms with Crippen LogP contribution in [0.2, 0.25) is 0 Å². The normalized spacial score (nSPS) is 22.9. The molecule has 2 saturated heterocycles. The number of hydrogen-bond acceptors (Lipinski definition) is 7. The van der Waals surface area contributed by atoms with Crippen LogP contribution in [0.1, 0.15) is 42.2 Å². The molecule has 0 radical (unpaired) electrons. The molecule has 1 N–H and O–H groups in total. The van der Waals surface area contributed by atoms with Gasteiger partial charge in [0.05, 0.1) is 12.3 Å². The van der Waals surface area contributed by atoms with Crippen molar-refractivity contribution in [2.45, 2.75) is 45.3 Å². The van der Waals surface area contributed by atoms with Crippen LogP contribution in [0.4, 0.5) is 5.82 Å². The third-order valence-corrected chi connectivity index (χ3v) is 4.65. The van der Waals surface area contributed by atoms with Crippen molar-refractivity contribution in [1.29, 1.82) is 0 Å². The first-order valence-electron chi connectivity index (χ1n) is 8.76. The molecule has 2 unspecified atom stereocenters. The molecule has 0 aliphatic carbocycles. The Hall–Kier alpha value is -1.73. The lowest BCUT2D eigenvalue weighted by molar-refractivity contribution is -0.0576. The van der Waals surface area contributed by atoms with Crippen LogP contribution in [0.5, 0.6) is 0 Å². The summed E-state index contributed by atoms with van der Waals surface area (Å²) in [5.74, 6) is 0.331. The van der Waals surface area contributed by atoms with Gasteiger partial charge >= 0.3 is 5.97 Å². The molecule has 7 heteroatoms. The van der Waals surface area contributed by atoms with Crippen molar-refractivity contribution < 1.29 is 14.3 Å². The lowest BCUT2D eigenvalue weighted by Crippen LogP contribution is -2.45. The molecule has 3 rings (SSSR count). The Balaban J connectivity index is 1.75. The number of carbonyl (C=O) groups excluding carboxylic acids is 1. The standard InChI is InChI=1S/C17H26N4O3/c1-12-15(16(20-11-19-12)21-7-4-3-5-8-21)17(22)24-13(2)14-10-18-6-9-23-14/h11,13-14,18H,3-10H2,1-2H3. The van der Waals surface area contributed by atoms with Crippen LogP contribution in [-0.4, -0.2) is 60.9 Å². The third-order valence-electron chi connectivity index (χ3n) is 4.65. The summed E-state index contributed by atoms with van der Waals surface area (Å²) in [4.78, 5) is 23.5. The van der Waals surface area contributed by atoms with E-state index in [2.05, 4.69) is 20.2 Å². The van der Waals surface area contributed by atoms with Gasteiger partial charge in [-0.15, -0.1) is 0 Å². The third kappa shape index (κ3) is 3.84. The number of nitrogens with one attached hydrogen (secondary N) is 1. The molecule has 24 heavy (non-hydrogen) atoms. The van der Waals surface area contributed by atoms with Crippen LogP contribution >= 0.6 is 0 Å². The number of aromatic nitrogens is 2. The largest absolute Gasteiger partial charge is 0.456 e. The number of esters is 1. The van der Waals surface area contributed by atoms with Crippen molar-refractivity contribution in [2.24, 2.45) is 0 Å². The Kier molecular flexibility index (Phi) is 5.63. The van der Waals surface area contributed by atoms with Gasteiger partial charge in [0.15, 0.2) is 0 Å². The molecule has 0 aromatic carbocycles. The Morgan fingerprint density at radius 2 is 2.17 bits per heavy atom. The number of morpholine rings is 1. The molecule has 0 spiro atoms. The van der Waals surface area contributed by atoms with E-state index in [-0.39, 0.29) is 18.2 Å². The predicted octanol–water partition coefficient (Wildman–Crippen LogP) is 1.31. The molecule has 0 amide bonds. The molecule has 1 aromatic heterocycles.